The van der Waals surface area contributed by atoms with Crippen LogP contribution in [-0.4, -0.2) is 27.8 Å². The molecule has 0 aromatic heterocycles. The Morgan fingerprint density at radius 2 is 2.20 bits per heavy atom. The molecule has 0 saturated heterocycles. The monoisotopic (exact) mass is 239 g/mol. The minimum absolute atomic E-state index is 0.0312. The fraction of sp³-hybridized carbons (Fsp3) is 0.857. The lowest BCUT2D eigenvalue weighted by Crippen LogP contribution is -2.34. The molecule has 0 heterocycles. The number of rotatable bonds is 8. The summed E-state index contributed by atoms with van der Waals surface area (Å²) < 4.78 is 23.3. The Balaban J connectivity index is 3.31. The molecule has 2 N–H and O–H groups in total. The first-order chi connectivity index (χ1) is 7.07. The molecule has 0 aliphatic carbocycles. The molecule has 0 aromatic carbocycles. The van der Waals surface area contributed by atoms with Crippen LogP contribution < -0.4 is 10.8 Å². The van der Waals surface area contributed by atoms with Crippen LogP contribution in [0.5, 0.6) is 0 Å². The van der Waals surface area contributed by atoms with Crippen molar-refractivity contribution < 1.29 is 22.9 Å². The maximum Gasteiger partial charge on any atom is 0.222 e. The van der Waals surface area contributed by atoms with Gasteiger partial charge in [-0.25, -0.2) is 4.21 Å². The first-order valence-corrected chi connectivity index (χ1v) is 5.51. The summed E-state index contributed by atoms with van der Waals surface area (Å²) in [5, 5.41) is 2.63. The fourth-order valence-electron chi connectivity index (χ4n) is 0.690. The van der Waals surface area contributed by atoms with E-state index in [4.69, 9.17) is 0 Å². The van der Waals surface area contributed by atoms with Gasteiger partial charge in [0.1, 0.15) is 11.4 Å². The highest BCUT2D eigenvalue weighted by atomic mass is 32.2. The van der Waals surface area contributed by atoms with Gasteiger partial charge in [-0.05, 0) is 6.42 Å². The molecule has 0 aromatic rings. The lowest BCUT2D eigenvalue weighted by molar-refractivity contribution is -0.253. The van der Waals surface area contributed by atoms with Crippen LogP contribution in [0.2, 0.25) is 0 Å². The van der Waals surface area contributed by atoms with Gasteiger partial charge < -0.3 is 9.87 Å². The molecule has 2 unspecified atom stereocenters. The molecule has 1 amide bonds. The van der Waals surface area contributed by atoms with Gasteiger partial charge in [0.15, 0.2) is 0 Å². The van der Waals surface area contributed by atoms with Gasteiger partial charge in [-0.3, -0.25) is 4.79 Å². The van der Waals surface area contributed by atoms with Crippen molar-refractivity contribution >= 4 is 17.3 Å². The third kappa shape index (κ3) is 8.45. The van der Waals surface area contributed by atoms with Crippen LogP contribution in [0.3, 0.4) is 0 Å². The van der Waals surface area contributed by atoms with Crippen molar-refractivity contribution in [3.05, 3.63) is 0 Å². The van der Waals surface area contributed by atoms with E-state index < -0.39 is 11.4 Å². The van der Waals surface area contributed by atoms with Gasteiger partial charge in [0.2, 0.25) is 5.91 Å². The number of amides is 1. The molecule has 8 heteroatoms. The molecule has 0 aliphatic heterocycles. The summed E-state index contributed by atoms with van der Waals surface area (Å²) in [6, 6.07) is 0. The predicted molar refractivity (Wildman–Crippen MR) is 51.6 cm³/mol. The number of carbonyl (C=O) groups is 1. The molecular weight excluding hydrogens is 224 g/mol. The van der Waals surface area contributed by atoms with E-state index in [1.54, 1.807) is 0 Å². The van der Waals surface area contributed by atoms with Crippen LogP contribution in [0.15, 0.2) is 0 Å². The lowest BCUT2D eigenvalue weighted by atomic mass is 10.1. The van der Waals surface area contributed by atoms with Gasteiger partial charge in [0.05, 0.1) is 0 Å². The van der Waals surface area contributed by atoms with Crippen molar-refractivity contribution in [1.82, 2.24) is 10.8 Å². The Morgan fingerprint density at radius 3 is 2.73 bits per heavy atom. The topological polar surface area (TPSA) is 99.7 Å². The number of carbonyl (C=O) groups excluding carboxylic acids is 1. The third-order valence-corrected chi connectivity index (χ3v) is 1.91. The standard InChI is InChI=1S/C7H16N2O5S/c1-3-6(2)7(10)8-4-5-9-13-14-15(11)12/h6,9H,3-5H2,1-2H3,(H,8,10)(H,11,12)/p-1. The number of hydroxylamine groups is 1. The lowest BCUT2D eigenvalue weighted by Gasteiger charge is -2.10. The zero-order valence-corrected chi connectivity index (χ0v) is 9.46. The second-order valence-corrected chi connectivity index (χ2v) is 3.39. The van der Waals surface area contributed by atoms with Crippen LogP contribution >= 0.6 is 0 Å². The largest absolute Gasteiger partial charge is 0.747 e. The second kappa shape index (κ2) is 8.74. The van der Waals surface area contributed by atoms with Gasteiger partial charge in [-0.15, -0.1) is 9.32 Å². The minimum Gasteiger partial charge on any atom is -0.747 e. The van der Waals surface area contributed by atoms with E-state index in [2.05, 4.69) is 20.1 Å². The molecule has 15 heavy (non-hydrogen) atoms. The summed E-state index contributed by atoms with van der Waals surface area (Å²) in [6.45, 7) is 4.32. The molecule has 0 rings (SSSR count). The summed E-state index contributed by atoms with van der Waals surface area (Å²) in [7, 11) is 0. The summed E-state index contributed by atoms with van der Waals surface area (Å²) in [5.41, 5.74) is 2.20. The average molecular weight is 239 g/mol. The fourth-order valence-corrected chi connectivity index (χ4v) is 0.794. The van der Waals surface area contributed by atoms with Crippen molar-refractivity contribution in [2.24, 2.45) is 5.92 Å². The van der Waals surface area contributed by atoms with Crippen LogP contribution in [0.1, 0.15) is 20.3 Å². The van der Waals surface area contributed by atoms with E-state index in [-0.39, 0.29) is 18.4 Å². The maximum absolute atomic E-state index is 11.2. The minimum atomic E-state index is -2.71. The molecule has 0 spiro atoms. The highest BCUT2D eigenvalue weighted by Crippen LogP contribution is 1.98. The molecule has 0 fully saturated rings. The summed E-state index contributed by atoms with van der Waals surface area (Å²) in [4.78, 5) is 15.3. The molecule has 90 valence electrons. The summed E-state index contributed by atoms with van der Waals surface area (Å²) >= 11 is -2.71. The summed E-state index contributed by atoms with van der Waals surface area (Å²) in [5.74, 6) is -0.0797. The maximum atomic E-state index is 11.2. The highest BCUT2D eigenvalue weighted by molar-refractivity contribution is 7.73. The molecule has 0 saturated carbocycles. The number of hydrogen-bond donors (Lipinski definition) is 2. The van der Waals surface area contributed by atoms with Gasteiger partial charge in [0.25, 0.3) is 0 Å². The predicted octanol–water partition coefficient (Wildman–Crippen LogP) is -0.604. The molecule has 0 bridgehead atoms. The SMILES string of the molecule is CCC(C)C(=O)NCCNOOS(=O)[O-]. The van der Waals surface area contributed by atoms with Gasteiger partial charge in [0, 0.05) is 19.0 Å². The zero-order chi connectivity index (χ0) is 11.7. The quantitative estimate of drug-likeness (QED) is 0.254. The molecule has 0 radical (unpaired) electrons. The van der Waals surface area contributed by atoms with Crippen molar-refractivity contribution in [2.75, 3.05) is 13.1 Å². The Labute approximate surface area is 90.9 Å². The number of hydrogen-bond acceptors (Lipinski definition) is 6. The van der Waals surface area contributed by atoms with E-state index in [1.807, 2.05) is 13.8 Å². The van der Waals surface area contributed by atoms with Gasteiger partial charge in [-0.1, -0.05) is 13.8 Å². The van der Waals surface area contributed by atoms with E-state index in [9.17, 15) is 13.6 Å². The van der Waals surface area contributed by atoms with Crippen molar-refractivity contribution in [2.45, 2.75) is 20.3 Å². The Morgan fingerprint density at radius 1 is 1.53 bits per heavy atom. The Hall–Kier alpha value is -0.540. The van der Waals surface area contributed by atoms with E-state index in [0.717, 1.165) is 6.42 Å². The first-order valence-electron chi connectivity index (χ1n) is 4.51. The van der Waals surface area contributed by atoms with Gasteiger partial charge >= 0.3 is 0 Å². The van der Waals surface area contributed by atoms with Crippen LogP contribution in [-0.2, 0) is 25.5 Å². The molecular formula is C7H15N2O5S-. The van der Waals surface area contributed by atoms with Crippen molar-refractivity contribution in [3.8, 4) is 0 Å². The van der Waals surface area contributed by atoms with Crippen molar-refractivity contribution in [1.29, 1.82) is 0 Å². The van der Waals surface area contributed by atoms with Crippen LogP contribution in [0, 0.1) is 5.92 Å². The highest BCUT2D eigenvalue weighted by Gasteiger charge is 2.08. The van der Waals surface area contributed by atoms with E-state index in [0.29, 0.717) is 6.54 Å². The smallest absolute Gasteiger partial charge is 0.222 e. The van der Waals surface area contributed by atoms with E-state index >= 15 is 0 Å². The number of nitrogens with one attached hydrogen (secondary N) is 2. The summed E-state index contributed by atoms with van der Waals surface area (Å²) in [6.07, 6.45) is 0.772. The molecule has 7 nitrogen and oxygen atoms in total. The van der Waals surface area contributed by atoms with Gasteiger partial charge in [-0.2, -0.15) is 5.48 Å². The zero-order valence-electron chi connectivity index (χ0n) is 8.65. The second-order valence-electron chi connectivity index (χ2n) is 2.85. The molecule has 0 aliphatic rings. The van der Waals surface area contributed by atoms with Crippen LogP contribution in [0.25, 0.3) is 0 Å². The average Bonchev–Trinajstić information content (AvgIpc) is 2.21. The Bertz CT molecular complexity index is 214. The first kappa shape index (κ1) is 14.5. The Kier molecular flexibility index (Phi) is 8.43. The normalized spacial score (nSPS) is 14.6. The van der Waals surface area contributed by atoms with E-state index in [1.165, 1.54) is 0 Å². The van der Waals surface area contributed by atoms with Crippen LogP contribution in [0.4, 0.5) is 0 Å². The molecule has 2 atom stereocenters. The van der Waals surface area contributed by atoms with Crippen molar-refractivity contribution in [3.63, 3.8) is 0 Å². The third-order valence-electron chi connectivity index (χ3n) is 1.73.